The summed E-state index contributed by atoms with van der Waals surface area (Å²) in [5.74, 6) is 1.02. The number of nitrogens with two attached hydrogens (primary N) is 1. The van der Waals surface area contributed by atoms with Crippen LogP contribution in [0.1, 0.15) is 37.6 Å². The van der Waals surface area contributed by atoms with Crippen LogP contribution in [0.15, 0.2) is 6.20 Å². The van der Waals surface area contributed by atoms with Crippen LogP contribution in [0.25, 0.3) is 0 Å². The number of unbranched alkanes of at least 4 members (excludes halogenated alkanes) is 2. The second-order valence-corrected chi connectivity index (χ2v) is 3.15. The Kier molecular flexibility index (Phi) is 3.86. The number of nitrogens with zero attached hydrogens (tertiary/aromatic N) is 3. The van der Waals surface area contributed by atoms with Crippen molar-refractivity contribution in [2.75, 3.05) is 5.73 Å². The van der Waals surface area contributed by atoms with Gasteiger partial charge in [0.1, 0.15) is 23.3 Å². The molecule has 0 aliphatic rings. The zero-order valence-electron chi connectivity index (χ0n) is 8.32. The molecule has 0 radical (unpaired) electrons. The Morgan fingerprint density at radius 3 is 2.86 bits per heavy atom. The molecule has 1 rings (SSSR count). The molecule has 0 fully saturated rings. The number of aromatic nitrogens is 2. The highest BCUT2D eigenvalue weighted by atomic mass is 14.9. The molecular formula is C10H14N4. The fourth-order valence-electron chi connectivity index (χ4n) is 1.17. The molecule has 74 valence electrons. The summed E-state index contributed by atoms with van der Waals surface area (Å²) in [6.45, 7) is 2.15. The van der Waals surface area contributed by atoms with E-state index >= 15 is 0 Å². The van der Waals surface area contributed by atoms with E-state index < -0.39 is 0 Å². The first-order chi connectivity index (χ1) is 6.77. The molecule has 0 bridgehead atoms. The monoisotopic (exact) mass is 190 g/mol. The first kappa shape index (κ1) is 10.5. The molecule has 0 saturated heterocycles. The third-order valence-corrected chi connectivity index (χ3v) is 1.99. The first-order valence-electron chi connectivity index (χ1n) is 4.79. The topological polar surface area (TPSA) is 75.6 Å². The summed E-state index contributed by atoms with van der Waals surface area (Å²) in [6.07, 6.45) is 5.74. The Morgan fingerprint density at radius 1 is 1.50 bits per heavy atom. The Bertz CT molecular complexity index is 340. The lowest BCUT2D eigenvalue weighted by Crippen LogP contribution is -2.02. The molecule has 0 amide bonds. The molecule has 0 aromatic carbocycles. The van der Waals surface area contributed by atoms with E-state index in [-0.39, 0.29) is 5.82 Å². The number of hydrogen-bond donors (Lipinski definition) is 1. The van der Waals surface area contributed by atoms with Crippen molar-refractivity contribution < 1.29 is 0 Å². The molecule has 0 unspecified atom stereocenters. The Balaban J connectivity index is 2.63. The van der Waals surface area contributed by atoms with Gasteiger partial charge in [-0.3, -0.25) is 0 Å². The van der Waals surface area contributed by atoms with Crippen LogP contribution < -0.4 is 5.73 Å². The van der Waals surface area contributed by atoms with Gasteiger partial charge in [0.25, 0.3) is 0 Å². The normalized spacial score (nSPS) is 9.71. The van der Waals surface area contributed by atoms with Gasteiger partial charge in [0.15, 0.2) is 0 Å². The lowest BCUT2D eigenvalue weighted by molar-refractivity contribution is 0.694. The summed E-state index contributed by atoms with van der Waals surface area (Å²) in [4.78, 5) is 8.13. The average Bonchev–Trinajstić information content (AvgIpc) is 2.18. The summed E-state index contributed by atoms with van der Waals surface area (Å²) >= 11 is 0. The van der Waals surface area contributed by atoms with Crippen molar-refractivity contribution in [2.24, 2.45) is 0 Å². The van der Waals surface area contributed by atoms with E-state index in [1.54, 1.807) is 0 Å². The fraction of sp³-hybridized carbons (Fsp3) is 0.500. The van der Waals surface area contributed by atoms with Gasteiger partial charge in [-0.1, -0.05) is 19.8 Å². The van der Waals surface area contributed by atoms with E-state index in [0.29, 0.717) is 5.56 Å². The van der Waals surface area contributed by atoms with Crippen LogP contribution in [-0.4, -0.2) is 9.97 Å². The van der Waals surface area contributed by atoms with Crippen molar-refractivity contribution in [3.63, 3.8) is 0 Å². The van der Waals surface area contributed by atoms with Crippen LogP contribution in [0, 0.1) is 11.3 Å². The van der Waals surface area contributed by atoms with Crippen LogP contribution in [0.2, 0.25) is 0 Å². The van der Waals surface area contributed by atoms with Crippen molar-refractivity contribution in [2.45, 2.75) is 32.6 Å². The van der Waals surface area contributed by atoms with Gasteiger partial charge in [0, 0.05) is 6.42 Å². The predicted octanol–water partition coefficient (Wildman–Crippen LogP) is 1.66. The van der Waals surface area contributed by atoms with E-state index in [9.17, 15) is 0 Å². The van der Waals surface area contributed by atoms with Crippen molar-refractivity contribution in [1.29, 1.82) is 5.26 Å². The van der Waals surface area contributed by atoms with Gasteiger partial charge >= 0.3 is 0 Å². The van der Waals surface area contributed by atoms with Crippen molar-refractivity contribution in [3.8, 4) is 6.07 Å². The third-order valence-electron chi connectivity index (χ3n) is 1.99. The van der Waals surface area contributed by atoms with E-state index in [4.69, 9.17) is 11.0 Å². The minimum absolute atomic E-state index is 0.286. The molecule has 0 aliphatic carbocycles. The molecule has 4 nitrogen and oxygen atoms in total. The Hall–Kier alpha value is -1.63. The summed E-state index contributed by atoms with van der Waals surface area (Å²) < 4.78 is 0. The van der Waals surface area contributed by atoms with Crippen molar-refractivity contribution >= 4 is 5.82 Å². The smallest absolute Gasteiger partial charge is 0.145 e. The second-order valence-electron chi connectivity index (χ2n) is 3.15. The first-order valence-corrected chi connectivity index (χ1v) is 4.79. The molecule has 1 heterocycles. The largest absolute Gasteiger partial charge is 0.382 e. The molecule has 14 heavy (non-hydrogen) atoms. The molecular weight excluding hydrogens is 176 g/mol. The molecule has 2 N–H and O–H groups in total. The summed E-state index contributed by atoms with van der Waals surface area (Å²) in [6, 6.07) is 1.94. The van der Waals surface area contributed by atoms with Crippen molar-refractivity contribution in [3.05, 3.63) is 17.6 Å². The fourth-order valence-corrected chi connectivity index (χ4v) is 1.17. The van der Waals surface area contributed by atoms with Crippen LogP contribution in [0.4, 0.5) is 5.82 Å². The third kappa shape index (κ3) is 2.70. The van der Waals surface area contributed by atoms with Gasteiger partial charge in [-0.25, -0.2) is 9.97 Å². The lowest BCUT2D eigenvalue weighted by atomic mass is 10.2. The standard InChI is InChI=1S/C10H14N4/c1-2-3-4-5-9-13-7-8(6-11)10(12)14-9/h7H,2-5H2,1H3,(H2,12,13,14). The van der Waals surface area contributed by atoms with Crippen LogP contribution >= 0.6 is 0 Å². The molecule has 0 aliphatic heterocycles. The van der Waals surface area contributed by atoms with Crippen molar-refractivity contribution in [1.82, 2.24) is 9.97 Å². The Labute approximate surface area is 83.8 Å². The summed E-state index contributed by atoms with van der Waals surface area (Å²) in [5, 5.41) is 8.61. The van der Waals surface area contributed by atoms with Crippen LogP contribution in [-0.2, 0) is 6.42 Å². The highest BCUT2D eigenvalue weighted by Gasteiger charge is 2.02. The quantitative estimate of drug-likeness (QED) is 0.732. The molecule has 1 aromatic heterocycles. The average molecular weight is 190 g/mol. The minimum atomic E-state index is 0.286. The van der Waals surface area contributed by atoms with E-state index in [1.165, 1.54) is 19.0 Å². The number of nitrogen functional groups attached to an aromatic ring is 1. The molecule has 0 atom stereocenters. The molecule has 0 spiro atoms. The predicted molar refractivity (Wildman–Crippen MR) is 54.4 cm³/mol. The highest BCUT2D eigenvalue weighted by molar-refractivity contribution is 5.46. The number of aryl methyl sites for hydroxylation is 1. The Morgan fingerprint density at radius 2 is 2.29 bits per heavy atom. The highest BCUT2D eigenvalue weighted by Crippen LogP contribution is 2.07. The second kappa shape index (κ2) is 5.18. The minimum Gasteiger partial charge on any atom is -0.382 e. The number of nitriles is 1. The molecule has 0 saturated carbocycles. The number of anilines is 1. The number of rotatable bonds is 4. The van der Waals surface area contributed by atoms with Gasteiger partial charge in [-0.05, 0) is 6.42 Å². The zero-order chi connectivity index (χ0) is 10.4. The van der Waals surface area contributed by atoms with E-state index in [1.807, 2.05) is 6.07 Å². The lowest BCUT2D eigenvalue weighted by Gasteiger charge is -2.00. The van der Waals surface area contributed by atoms with E-state index in [0.717, 1.165) is 18.7 Å². The van der Waals surface area contributed by atoms with Gasteiger partial charge in [-0.15, -0.1) is 0 Å². The summed E-state index contributed by atoms with van der Waals surface area (Å²) in [5.41, 5.74) is 5.91. The zero-order valence-corrected chi connectivity index (χ0v) is 8.32. The maximum Gasteiger partial charge on any atom is 0.145 e. The molecule has 4 heteroatoms. The maximum atomic E-state index is 8.61. The SMILES string of the molecule is CCCCCc1ncc(C#N)c(N)n1. The van der Waals surface area contributed by atoms with Gasteiger partial charge < -0.3 is 5.73 Å². The van der Waals surface area contributed by atoms with Crippen LogP contribution in [0.3, 0.4) is 0 Å². The van der Waals surface area contributed by atoms with Crippen LogP contribution in [0.5, 0.6) is 0 Å². The maximum absolute atomic E-state index is 8.61. The van der Waals surface area contributed by atoms with Gasteiger partial charge in [0.05, 0.1) is 6.20 Å². The number of hydrogen-bond acceptors (Lipinski definition) is 4. The van der Waals surface area contributed by atoms with Gasteiger partial charge in [-0.2, -0.15) is 5.26 Å². The summed E-state index contributed by atoms with van der Waals surface area (Å²) in [7, 11) is 0. The van der Waals surface area contributed by atoms with E-state index in [2.05, 4.69) is 16.9 Å². The molecule has 1 aromatic rings. The van der Waals surface area contributed by atoms with Gasteiger partial charge in [0.2, 0.25) is 0 Å².